The van der Waals surface area contributed by atoms with E-state index in [0.717, 1.165) is 34.0 Å². The molecular weight excluding hydrogens is 407 g/mol. The van der Waals surface area contributed by atoms with Crippen molar-refractivity contribution in [1.82, 2.24) is 19.5 Å². The van der Waals surface area contributed by atoms with Crippen LogP contribution in [0.3, 0.4) is 0 Å². The van der Waals surface area contributed by atoms with Crippen LogP contribution in [0.4, 0.5) is 0 Å². The summed E-state index contributed by atoms with van der Waals surface area (Å²) in [6.07, 6.45) is 6.06. The van der Waals surface area contributed by atoms with E-state index in [-0.39, 0.29) is 0 Å². The lowest BCUT2D eigenvalue weighted by molar-refractivity contribution is 0.412. The second-order valence-electron chi connectivity index (χ2n) is 6.59. The van der Waals surface area contributed by atoms with Crippen LogP contribution >= 0.6 is 23.2 Å². The molecule has 2 aromatic carbocycles. The molecule has 4 aromatic rings. The van der Waals surface area contributed by atoms with E-state index in [1.54, 1.807) is 31.8 Å². The molecule has 0 bridgehead atoms. The minimum Gasteiger partial charge on any atom is -0.495 e. The maximum Gasteiger partial charge on any atom is 0.143 e. The average Bonchev–Trinajstić information content (AvgIpc) is 3.16. The maximum absolute atomic E-state index is 6.14. The van der Waals surface area contributed by atoms with Crippen LogP contribution in [0.15, 0.2) is 61.2 Å². The van der Waals surface area contributed by atoms with Crippen LogP contribution in [-0.4, -0.2) is 26.6 Å². The third-order valence-corrected chi connectivity index (χ3v) is 5.26. The number of ether oxygens (including phenoxy) is 1. The van der Waals surface area contributed by atoms with Gasteiger partial charge in [-0.3, -0.25) is 0 Å². The van der Waals surface area contributed by atoms with Gasteiger partial charge in [-0.1, -0.05) is 35.3 Å². The lowest BCUT2D eigenvalue weighted by Gasteiger charge is -2.11. The highest BCUT2D eigenvalue weighted by Gasteiger charge is 2.10. The lowest BCUT2D eigenvalue weighted by Crippen LogP contribution is -2.00. The molecule has 4 rings (SSSR count). The van der Waals surface area contributed by atoms with Gasteiger partial charge in [-0.15, -0.1) is 0 Å². The molecule has 0 unspecified atom stereocenters. The zero-order valence-corrected chi connectivity index (χ0v) is 17.4. The Morgan fingerprint density at radius 3 is 2.59 bits per heavy atom. The van der Waals surface area contributed by atoms with Crippen LogP contribution in [0.2, 0.25) is 10.0 Å². The normalized spacial score (nSPS) is 10.9. The quantitative estimate of drug-likeness (QED) is 0.421. The highest BCUT2D eigenvalue weighted by atomic mass is 35.5. The summed E-state index contributed by atoms with van der Waals surface area (Å²) in [6.45, 7) is 1.95. The molecular formula is C22H18Cl2N4O. The summed E-state index contributed by atoms with van der Waals surface area (Å²) in [7, 11) is 1.66. The molecule has 2 heterocycles. The number of aromatic nitrogens is 4. The second-order valence-corrected chi connectivity index (χ2v) is 7.41. The van der Waals surface area contributed by atoms with Crippen molar-refractivity contribution in [2.24, 2.45) is 0 Å². The smallest absolute Gasteiger partial charge is 0.143 e. The predicted molar refractivity (Wildman–Crippen MR) is 115 cm³/mol. The Kier molecular flexibility index (Phi) is 5.51. The second kappa shape index (κ2) is 8.23. The molecule has 0 aliphatic rings. The molecule has 0 aliphatic carbocycles. The van der Waals surface area contributed by atoms with E-state index in [9.17, 15) is 0 Å². The largest absolute Gasteiger partial charge is 0.495 e. The van der Waals surface area contributed by atoms with Gasteiger partial charge in [0, 0.05) is 24.4 Å². The molecule has 5 nitrogen and oxygen atoms in total. The van der Waals surface area contributed by atoms with Crippen LogP contribution in [-0.2, 0) is 6.42 Å². The highest BCUT2D eigenvalue weighted by Crippen LogP contribution is 2.28. The van der Waals surface area contributed by atoms with E-state index in [0.29, 0.717) is 22.3 Å². The van der Waals surface area contributed by atoms with Crippen molar-refractivity contribution in [1.29, 1.82) is 0 Å². The van der Waals surface area contributed by atoms with Gasteiger partial charge in [-0.2, -0.15) is 0 Å². The Balaban J connectivity index is 1.61. The topological polar surface area (TPSA) is 52.8 Å². The standard InChI is InChI=1S/C22H18Cl2N4O/c1-14-12-28(13-26-14)20-6-3-15(9-21(20)29-2)10-22-25-8-7-19(27-22)16-4-5-17(23)18(24)11-16/h3-9,11-13H,10H2,1-2H3. The molecule has 0 aliphatic heterocycles. The van der Waals surface area contributed by atoms with Gasteiger partial charge in [0.15, 0.2) is 0 Å². The van der Waals surface area contributed by atoms with E-state index >= 15 is 0 Å². The van der Waals surface area contributed by atoms with Gasteiger partial charge in [0.05, 0.1) is 40.6 Å². The molecule has 0 saturated carbocycles. The summed E-state index contributed by atoms with van der Waals surface area (Å²) in [5.41, 5.74) is 4.62. The van der Waals surface area contributed by atoms with Crippen LogP contribution in [0.25, 0.3) is 16.9 Å². The Hall–Kier alpha value is -2.89. The van der Waals surface area contributed by atoms with Crippen LogP contribution in [0.1, 0.15) is 17.1 Å². The monoisotopic (exact) mass is 424 g/mol. The third-order valence-electron chi connectivity index (χ3n) is 4.52. The van der Waals surface area contributed by atoms with Crippen molar-refractivity contribution in [2.75, 3.05) is 7.11 Å². The summed E-state index contributed by atoms with van der Waals surface area (Å²) in [5, 5.41) is 1.02. The fourth-order valence-corrected chi connectivity index (χ4v) is 3.38. The van der Waals surface area contributed by atoms with Crippen LogP contribution in [0.5, 0.6) is 5.75 Å². The van der Waals surface area contributed by atoms with E-state index < -0.39 is 0 Å². The van der Waals surface area contributed by atoms with Crippen molar-refractivity contribution in [3.8, 4) is 22.7 Å². The lowest BCUT2D eigenvalue weighted by atomic mass is 10.1. The first-order chi connectivity index (χ1) is 14.0. The van der Waals surface area contributed by atoms with Gasteiger partial charge >= 0.3 is 0 Å². The number of halogens is 2. The summed E-state index contributed by atoms with van der Waals surface area (Å²) >= 11 is 12.1. The van der Waals surface area contributed by atoms with Crippen molar-refractivity contribution < 1.29 is 4.74 Å². The first kappa shape index (κ1) is 19.4. The first-order valence-corrected chi connectivity index (χ1v) is 9.74. The van der Waals surface area contributed by atoms with Gasteiger partial charge in [-0.25, -0.2) is 15.0 Å². The minimum atomic E-state index is 0.499. The van der Waals surface area contributed by atoms with Gasteiger partial charge < -0.3 is 9.30 Å². The number of hydrogen-bond acceptors (Lipinski definition) is 4. The average molecular weight is 425 g/mol. The zero-order valence-electron chi connectivity index (χ0n) is 15.9. The minimum absolute atomic E-state index is 0.499. The highest BCUT2D eigenvalue weighted by molar-refractivity contribution is 6.42. The molecule has 0 N–H and O–H groups in total. The first-order valence-electron chi connectivity index (χ1n) is 8.99. The van der Waals surface area contributed by atoms with Crippen LogP contribution < -0.4 is 4.74 Å². The molecule has 2 aromatic heterocycles. The molecule has 0 radical (unpaired) electrons. The molecule has 0 saturated heterocycles. The molecule has 29 heavy (non-hydrogen) atoms. The number of imidazole rings is 1. The van der Waals surface area contributed by atoms with E-state index in [2.05, 4.69) is 15.0 Å². The molecule has 0 spiro atoms. The summed E-state index contributed by atoms with van der Waals surface area (Å²) in [4.78, 5) is 13.4. The van der Waals surface area contributed by atoms with Crippen molar-refractivity contribution in [3.05, 3.63) is 88.3 Å². The van der Waals surface area contributed by atoms with Crippen molar-refractivity contribution in [3.63, 3.8) is 0 Å². The Morgan fingerprint density at radius 2 is 1.86 bits per heavy atom. The molecule has 146 valence electrons. The maximum atomic E-state index is 6.14. The Bertz CT molecular complexity index is 1170. The number of hydrogen-bond donors (Lipinski definition) is 0. The van der Waals surface area contributed by atoms with Gasteiger partial charge in [0.25, 0.3) is 0 Å². The van der Waals surface area contributed by atoms with Crippen LogP contribution in [0, 0.1) is 6.92 Å². The SMILES string of the molecule is COc1cc(Cc2nccc(-c3ccc(Cl)c(Cl)c3)n2)ccc1-n1cnc(C)c1. The number of rotatable bonds is 5. The van der Waals surface area contributed by atoms with E-state index in [4.69, 9.17) is 27.9 Å². The molecule has 7 heteroatoms. The summed E-state index contributed by atoms with van der Waals surface area (Å²) in [6, 6.07) is 13.4. The van der Waals surface area contributed by atoms with Crippen molar-refractivity contribution in [2.45, 2.75) is 13.3 Å². The Labute approximate surface area is 178 Å². The Morgan fingerprint density at radius 1 is 1.00 bits per heavy atom. The molecule has 0 fully saturated rings. The zero-order chi connectivity index (χ0) is 20.4. The number of aryl methyl sites for hydroxylation is 1. The van der Waals surface area contributed by atoms with Crippen molar-refractivity contribution >= 4 is 23.2 Å². The molecule has 0 amide bonds. The predicted octanol–water partition coefficient (Wildman–Crippen LogP) is 5.54. The number of nitrogens with zero attached hydrogens (tertiary/aromatic N) is 4. The van der Waals surface area contributed by atoms with Gasteiger partial charge in [0.1, 0.15) is 11.6 Å². The number of methoxy groups -OCH3 is 1. The van der Waals surface area contributed by atoms with Gasteiger partial charge in [0.2, 0.25) is 0 Å². The van der Waals surface area contributed by atoms with Gasteiger partial charge in [-0.05, 0) is 42.8 Å². The van der Waals surface area contributed by atoms with E-state index in [1.165, 1.54) is 0 Å². The third kappa shape index (κ3) is 4.26. The summed E-state index contributed by atoms with van der Waals surface area (Å²) < 4.78 is 7.53. The fraction of sp³-hybridized carbons (Fsp3) is 0.136. The van der Waals surface area contributed by atoms with E-state index in [1.807, 2.05) is 48.0 Å². The molecule has 0 atom stereocenters. The number of benzene rings is 2. The summed E-state index contributed by atoms with van der Waals surface area (Å²) in [5.74, 6) is 1.47. The fourth-order valence-electron chi connectivity index (χ4n) is 3.08.